The van der Waals surface area contributed by atoms with E-state index in [2.05, 4.69) is 4.90 Å². The van der Waals surface area contributed by atoms with Crippen LogP contribution < -0.4 is 0 Å². The molecule has 0 radical (unpaired) electrons. The highest BCUT2D eigenvalue weighted by Gasteiger charge is 2.17. The topological polar surface area (TPSA) is 40.6 Å². The van der Waals surface area contributed by atoms with Gasteiger partial charge in [0.2, 0.25) is 5.91 Å². The Labute approximate surface area is 124 Å². The van der Waals surface area contributed by atoms with Gasteiger partial charge in [-0.05, 0) is 37.2 Å². The first kappa shape index (κ1) is 15.6. The zero-order valence-corrected chi connectivity index (χ0v) is 12.3. The van der Waals surface area contributed by atoms with Crippen molar-refractivity contribution < 1.29 is 14.0 Å². The molecular weight excluding hydrogens is 271 g/mol. The summed E-state index contributed by atoms with van der Waals surface area (Å²) in [5.41, 5.74) is 0.552. The maximum atomic E-state index is 12.8. The van der Waals surface area contributed by atoms with Crippen LogP contribution in [0.5, 0.6) is 0 Å². The van der Waals surface area contributed by atoms with Gasteiger partial charge in [0.1, 0.15) is 5.82 Å². The quantitative estimate of drug-likeness (QED) is 0.797. The number of nitrogens with zero attached hydrogens (tertiary/aromatic N) is 2. The van der Waals surface area contributed by atoms with Crippen molar-refractivity contribution in [2.24, 2.45) is 0 Å². The average molecular weight is 292 g/mol. The van der Waals surface area contributed by atoms with E-state index in [-0.39, 0.29) is 17.5 Å². The zero-order chi connectivity index (χ0) is 15.2. The fraction of sp³-hybridized carbons (Fsp3) is 0.500. The van der Waals surface area contributed by atoms with Crippen molar-refractivity contribution in [3.05, 3.63) is 35.6 Å². The minimum Gasteiger partial charge on any atom is -0.342 e. The van der Waals surface area contributed by atoms with Crippen LogP contribution in [0.15, 0.2) is 24.3 Å². The number of rotatable bonds is 4. The van der Waals surface area contributed by atoms with Crippen molar-refractivity contribution in [1.82, 2.24) is 9.80 Å². The van der Waals surface area contributed by atoms with Gasteiger partial charge in [0.15, 0.2) is 5.78 Å². The summed E-state index contributed by atoms with van der Waals surface area (Å²) in [5.74, 6) is -0.190. The Morgan fingerprint density at radius 2 is 1.81 bits per heavy atom. The summed E-state index contributed by atoms with van der Waals surface area (Å²) < 4.78 is 12.8. The van der Waals surface area contributed by atoms with Gasteiger partial charge >= 0.3 is 0 Å². The van der Waals surface area contributed by atoms with Crippen LogP contribution in [0.3, 0.4) is 0 Å². The summed E-state index contributed by atoms with van der Waals surface area (Å²) in [6.07, 6.45) is 1.36. The molecule has 0 N–H and O–H groups in total. The molecule has 21 heavy (non-hydrogen) atoms. The fourth-order valence-corrected chi connectivity index (χ4v) is 2.55. The van der Waals surface area contributed by atoms with Crippen LogP contribution >= 0.6 is 0 Å². The molecule has 1 aromatic carbocycles. The van der Waals surface area contributed by atoms with E-state index in [9.17, 15) is 14.0 Å². The van der Waals surface area contributed by atoms with Crippen molar-refractivity contribution in [3.63, 3.8) is 0 Å². The van der Waals surface area contributed by atoms with Crippen LogP contribution in [0.1, 0.15) is 30.1 Å². The number of hydrogen-bond acceptors (Lipinski definition) is 3. The first-order chi connectivity index (χ1) is 10.1. The standard InChI is InChI=1S/C16H21FN2O2/c1-13(20)19-9-2-8-18(11-12-19)10-7-16(21)14-3-5-15(17)6-4-14/h3-6H,2,7-12H2,1H3. The molecule has 4 nitrogen and oxygen atoms in total. The highest BCUT2D eigenvalue weighted by atomic mass is 19.1. The Morgan fingerprint density at radius 1 is 1.10 bits per heavy atom. The number of benzene rings is 1. The third-order valence-corrected chi connectivity index (χ3v) is 3.86. The van der Waals surface area contributed by atoms with Gasteiger partial charge in [-0.2, -0.15) is 0 Å². The Hall–Kier alpha value is -1.75. The van der Waals surface area contributed by atoms with Crippen molar-refractivity contribution in [2.45, 2.75) is 19.8 Å². The van der Waals surface area contributed by atoms with Crippen LogP contribution in [0, 0.1) is 5.82 Å². The van der Waals surface area contributed by atoms with Gasteiger partial charge < -0.3 is 9.80 Å². The van der Waals surface area contributed by atoms with Crippen LogP contribution in [-0.2, 0) is 4.79 Å². The van der Waals surface area contributed by atoms with E-state index in [1.165, 1.54) is 24.3 Å². The van der Waals surface area contributed by atoms with E-state index in [1.54, 1.807) is 6.92 Å². The first-order valence-corrected chi connectivity index (χ1v) is 7.33. The number of halogens is 1. The Kier molecular flexibility index (Phi) is 5.44. The monoisotopic (exact) mass is 292 g/mol. The molecule has 0 atom stereocenters. The summed E-state index contributed by atoms with van der Waals surface area (Å²) in [6.45, 7) is 5.49. The van der Waals surface area contributed by atoms with Gasteiger partial charge in [0.25, 0.3) is 0 Å². The largest absolute Gasteiger partial charge is 0.342 e. The van der Waals surface area contributed by atoms with Crippen molar-refractivity contribution >= 4 is 11.7 Å². The van der Waals surface area contributed by atoms with E-state index in [0.29, 0.717) is 18.5 Å². The normalized spacial score (nSPS) is 16.6. The molecule has 0 aliphatic carbocycles. The number of hydrogen-bond donors (Lipinski definition) is 0. The maximum absolute atomic E-state index is 12.8. The molecule has 1 amide bonds. The SMILES string of the molecule is CC(=O)N1CCCN(CCC(=O)c2ccc(F)cc2)CC1. The van der Waals surface area contributed by atoms with E-state index in [4.69, 9.17) is 0 Å². The smallest absolute Gasteiger partial charge is 0.219 e. The molecule has 1 fully saturated rings. The molecule has 0 spiro atoms. The number of Topliss-reactive ketones (excluding diaryl/α,β-unsaturated/α-hetero) is 1. The highest BCUT2D eigenvalue weighted by Crippen LogP contribution is 2.08. The van der Waals surface area contributed by atoms with E-state index < -0.39 is 0 Å². The van der Waals surface area contributed by atoms with E-state index in [0.717, 1.165) is 32.6 Å². The molecule has 1 heterocycles. The number of carbonyl (C=O) groups is 2. The molecule has 1 aliphatic heterocycles. The lowest BCUT2D eigenvalue weighted by Crippen LogP contribution is -2.34. The lowest BCUT2D eigenvalue weighted by atomic mass is 10.1. The Bertz CT molecular complexity index is 502. The molecule has 114 valence electrons. The predicted molar refractivity (Wildman–Crippen MR) is 78.7 cm³/mol. The molecule has 2 rings (SSSR count). The van der Waals surface area contributed by atoms with Crippen LogP contribution in [0.2, 0.25) is 0 Å². The van der Waals surface area contributed by atoms with Gasteiger partial charge in [0, 0.05) is 45.1 Å². The van der Waals surface area contributed by atoms with Crippen molar-refractivity contribution in [1.29, 1.82) is 0 Å². The number of ketones is 1. The maximum Gasteiger partial charge on any atom is 0.219 e. The van der Waals surface area contributed by atoms with Crippen molar-refractivity contribution in [3.8, 4) is 0 Å². The van der Waals surface area contributed by atoms with Crippen LogP contribution in [0.4, 0.5) is 4.39 Å². The summed E-state index contributed by atoms with van der Waals surface area (Å²) in [7, 11) is 0. The molecule has 1 aliphatic rings. The lowest BCUT2D eigenvalue weighted by molar-refractivity contribution is -0.128. The van der Waals surface area contributed by atoms with E-state index >= 15 is 0 Å². The molecule has 0 aromatic heterocycles. The zero-order valence-electron chi connectivity index (χ0n) is 12.3. The average Bonchev–Trinajstić information content (AvgIpc) is 2.71. The fourth-order valence-electron chi connectivity index (χ4n) is 2.55. The van der Waals surface area contributed by atoms with Gasteiger partial charge in [-0.15, -0.1) is 0 Å². The number of amides is 1. The molecule has 0 unspecified atom stereocenters. The second-order valence-electron chi connectivity index (χ2n) is 5.38. The van der Waals surface area contributed by atoms with Gasteiger partial charge in [0.05, 0.1) is 0 Å². The Balaban J connectivity index is 1.81. The van der Waals surface area contributed by atoms with Crippen LogP contribution in [-0.4, -0.2) is 54.2 Å². The van der Waals surface area contributed by atoms with Crippen LogP contribution in [0.25, 0.3) is 0 Å². The second-order valence-corrected chi connectivity index (χ2v) is 5.38. The molecular formula is C16H21FN2O2. The number of carbonyl (C=O) groups excluding carboxylic acids is 2. The minimum atomic E-state index is -0.330. The summed E-state index contributed by atoms with van der Waals surface area (Å²) in [6, 6.07) is 5.67. The first-order valence-electron chi connectivity index (χ1n) is 7.33. The van der Waals surface area contributed by atoms with Crippen molar-refractivity contribution in [2.75, 3.05) is 32.7 Å². The molecule has 1 aromatic rings. The minimum absolute atomic E-state index is 0.0303. The van der Waals surface area contributed by atoms with Gasteiger partial charge in [-0.1, -0.05) is 0 Å². The second kappa shape index (κ2) is 7.31. The third kappa shape index (κ3) is 4.63. The summed E-state index contributed by atoms with van der Waals surface area (Å²) in [5, 5.41) is 0. The van der Waals surface area contributed by atoms with E-state index in [1.807, 2.05) is 4.90 Å². The predicted octanol–water partition coefficient (Wildman–Crippen LogP) is 1.95. The van der Waals surface area contributed by atoms with Gasteiger partial charge in [-0.25, -0.2) is 4.39 Å². The molecule has 1 saturated heterocycles. The molecule has 0 saturated carbocycles. The molecule has 5 heteroatoms. The lowest BCUT2D eigenvalue weighted by Gasteiger charge is -2.20. The summed E-state index contributed by atoms with van der Waals surface area (Å²) >= 11 is 0. The Morgan fingerprint density at radius 3 is 2.48 bits per heavy atom. The summed E-state index contributed by atoms with van der Waals surface area (Å²) in [4.78, 5) is 27.5. The third-order valence-electron chi connectivity index (χ3n) is 3.86. The van der Waals surface area contributed by atoms with Gasteiger partial charge in [-0.3, -0.25) is 9.59 Å². The highest BCUT2D eigenvalue weighted by molar-refractivity contribution is 5.96. The molecule has 0 bridgehead atoms.